The van der Waals surface area contributed by atoms with Crippen LogP contribution in [0.2, 0.25) is 0 Å². The molecule has 122 valence electrons. The minimum Gasteiger partial charge on any atom is -0.392 e. The highest BCUT2D eigenvalue weighted by molar-refractivity contribution is 7.89. The third-order valence-electron chi connectivity index (χ3n) is 6.18. The van der Waals surface area contributed by atoms with Gasteiger partial charge in [-0.25, -0.2) is 13.1 Å². The lowest BCUT2D eigenvalue weighted by atomic mass is 9.70. The minimum absolute atomic E-state index is 0.0253. The largest absolute Gasteiger partial charge is 0.392 e. The zero-order valence-corrected chi connectivity index (χ0v) is 14.1. The fourth-order valence-electron chi connectivity index (χ4n) is 4.56. The Bertz CT molecular complexity index is 641. The molecule has 3 atom stereocenters. The first-order valence-corrected chi connectivity index (χ1v) is 9.61. The Hall–Kier alpha value is -0.910. The minimum atomic E-state index is -3.42. The Morgan fingerprint density at radius 3 is 2.50 bits per heavy atom. The first-order chi connectivity index (χ1) is 10.3. The molecule has 22 heavy (non-hydrogen) atoms. The summed E-state index contributed by atoms with van der Waals surface area (Å²) in [7, 11) is -3.42. The maximum Gasteiger partial charge on any atom is 0.212 e. The van der Waals surface area contributed by atoms with Gasteiger partial charge in [0.2, 0.25) is 10.0 Å². The Kier molecular flexibility index (Phi) is 3.86. The van der Waals surface area contributed by atoms with Gasteiger partial charge < -0.3 is 5.11 Å². The van der Waals surface area contributed by atoms with Crippen LogP contribution >= 0.6 is 0 Å². The van der Waals surface area contributed by atoms with Crippen molar-refractivity contribution in [3.8, 4) is 0 Å². The number of aliphatic hydroxyl groups is 1. The molecule has 0 radical (unpaired) electrons. The second kappa shape index (κ2) is 5.32. The van der Waals surface area contributed by atoms with Crippen LogP contribution < -0.4 is 4.72 Å². The van der Waals surface area contributed by atoms with E-state index in [0.29, 0.717) is 12.5 Å². The van der Waals surface area contributed by atoms with Crippen molar-refractivity contribution in [1.29, 1.82) is 0 Å². The molecule has 0 unspecified atom stereocenters. The summed E-state index contributed by atoms with van der Waals surface area (Å²) in [5.74, 6) is 0.462. The molecule has 2 fully saturated rings. The van der Waals surface area contributed by atoms with E-state index >= 15 is 0 Å². The van der Waals surface area contributed by atoms with Gasteiger partial charge in [0.15, 0.2) is 0 Å². The van der Waals surface area contributed by atoms with E-state index in [-0.39, 0.29) is 11.2 Å². The highest BCUT2D eigenvalue weighted by Gasteiger charge is 2.64. The predicted octanol–water partition coefficient (Wildman–Crippen LogP) is 2.29. The number of hydrogen-bond acceptors (Lipinski definition) is 3. The Morgan fingerprint density at radius 2 is 1.95 bits per heavy atom. The molecule has 0 aromatic heterocycles. The van der Waals surface area contributed by atoms with Crippen molar-refractivity contribution in [2.45, 2.75) is 45.8 Å². The van der Waals surface area contributed by atoms with Crippen molar-refractivity contribution in [2.24, 2.45) is 16.7 Å². The molecule has 0 amide bonds. The van der Waals surface area contributed by atoms with Gasteiger partial charge in [-0.1, -0.05) is 44.2 Å². The van der Waals surface area contributed by atoms with Crippen molar-refractivity contribution >= 4 is 10.0 Å². The molecule has 2 N–H and O–H groups in total. The smallest absolute Gasteiger partial charge is 0.212 e. The highest BCUT2D eigenvalue weighted by atomic mass is 32.2. The number of aliphatic hydroxyl groups excluding tert-OH is 1. The summed E-state index contributed by atoms with van der Waals surface area (Å²) in [5.41, 5.74) is 0.327. The third kappa shape index (κ3) is 2.49. The first kappa shape index (κ1) is 16.0. The first-order valence-electron chi connectivity index (χ1n) is 7.96. The SMILES string of the molecule is CC1(C)[C@H]2CC[C@]1(CS(=O)(=O)NCc1ccccc1)[C@H](O)C2. The lowest BCUT2D eigenvalue weighted by molar-refractivity contribution is 0.0152. The Labute approximate surface area is 133 Å². The van der Waals surface area contributed by atoms with Crippen molar-refractivity contribution < 1.29 is 13.5 Å². The second-order valence-electron chi connectivity index (χ2n) is 7.43. The number of sulfonamides is 1. The summed E-state index contributed by atoms with van der Waals surface area (Å²) < 4.78 is 27.8. The number of rotatable bonds is 5. The van der Waals surface area contributed by atoms with Crippen LogP contribution in [0.1, 0.15) is 38.7 Å². The second-order valence-corrected chi connectivity index (χ2v) is 9.24. The average Bonchev–Trinajstić information content (AvgIpc) is 2.80. The van der Waals surface area contributed by atoms with E-state index in [1.165, 1.54) is 0 Å². The average molecular weight is 323 g/mol. The van der Waals surface area contributed by atoms with Crippen molar-refractivity contribution in [3.63, 3.8) is 0 Å². The van der Waals surface area contributed by atoms with E-state index in [1.807, 2.05) is 30.3 Å². The summed E-state index contributed by atoms with van der Waals surface area (Å²) >= 11 is 0. The van der Waals surface area contributed by atoms with Crippen LogP contribution in [-0.2, 0) is 16.6 Å². The fourth-order valence-corrected chi connectivity index (χ4v) is 6.43. The number of benzene rings is 1. The van der Waals surface area contributed by atoms with Crippen LogP contribution in [-0.4, -0.2) is 25.4 Å². The van der Waals surface area contributed by atoms with E-state index in [0.717, 1.165) is 24.8 Å². The number of fused-ring (bicyclic) bond motifs is 2. The summed E-state index contributed by atoms with van der Waals surface area (Å²) in [6, 6.07) is 9.51. The van der Waals surface area contributed by atoms with Gasteiger partial charge in [-0.05, 0) is 36.2 Å². The van der Waals surface area contributed by atoms with Crippen LogP contribution in [0.15, 0.2) is 30.3 Å². The number of hydrogen-bond donors (Lipinski definition) is 2. The zero-order chi connectivity index (χ0) is 16.0. The quantitative estimate of drug-likeness (QED) is 0.874. The van der Waals surface area contributed by atoms with E-state index in [1.54, 1.807) is 0 Å². The molecular formula is C17H25NO3S. The molecule has 0 aliphatic heterocycles. The van der Waals surface area contributed by atoms with E-state index in [2.05, 4.69) is 18.6 Å². The van der Waals surface area contributed by atoms with E-state index in [4.69, 9.17) is 0 Å². The molecule has 2 saturated carbocycles. The van der Waals surface area contributed by atoms with Crippen molar-refractivity contribution in [1.82, 2.24) is 4.72 Å². The maximum atomic E-state index is 12.6. The van der Waals surface area contributed by atoms with Gasteiger partial charge in [0.25, 0.3) is 0 Å². The molecule has 2 aliphatic carbocycles. The molecule has 2 aliphatic rings. The zero-order valence-electron chi connectivity index (χ0n) is 13.2. The molecule has 2 bridgehead atoms. The normalized spacial score (nSPS) is 33.2. The molecule has 1 aromatic carbocycles. The van der Waals surface area contributed by atoms with Crippen LogP contribution in [0.4, 0.5) is 0 Å². The fraction of sp³-hybridized carbons (Fsp3) is 0.647. The predicted molar refractivity (Wildman–Crippen MR) is 86.6 cm³/mol. The molecule has 5 heteroatoms. The summed E-state index contributed by atoms with van der Waals surface area (Å²) in [6.07, 6.45) is 2.06. The van der Waals surface area contributed by atoms with Crippen LogP contribution in [0.5, 0.6) is 0 Å². The molecule has 1 aromatic rings. The molecule has 3 rings (SSSR count). The van der Waals surface area contributed by atoms with Crippen LogP contribution in [0.25, 0.3) is 0 Å². The monoisotopic (exact) mass is 323 g/mol. The lowest BCUT2D eigenvalue weighted by Crippen LogP contribution is -2.47. The van der Waals surface area contributed by atoms with Gasteiger partial charge in [-0.3, -0.25) is 0 Å². The summed E-state index contributed by atoms with van der Waals surface area (Å²) in [4.78, 5) is 0. The molecule has 0 heterocycles. The summed E-state index contributed by atoms with van der Waals surface area (Å²) in [5, 5.41) is 10.5. The highest BCUT2D eigenvalue weighted by Crippen LogP contribution is 2.65. The van der Waals surface area contributed by atoms with E-state index in [9.17, 15) is 13.5 Å². The number of nitrogens with one attached hydrogen (secondary N) is 1. The van der Waals surface area contributed by atoms with Gasteiger partial charge >= 0.3 is 0 Å². The molecule has 0 saturated heterocycles. The molecular weight excluding hydrogens is 298 g/mol. The summed E-state index contributed by atoms with van der Waals surface area (Å²) in [6.45, 7) is 4.54. The van der Waals surface area contributed by atoms with Crippen LogP contribution in [0.3, 0.4) is 0 Å². The third-order valence-corrected chi connectivity index (χ3v) is 7.65. The van der Waals surface area contributed by atoms with Crippen LogP contribution in [0, 0.1) is 16.7 Å². The van der Waals surface area contributed by atoms with Gasteiger partial charge in [-0.15, -0.1) is 0 Å². The van der Waals surface area contributed by atoms with E-state index < -0.39 is 21.5 Å². The van der Waals surface area contributed by atoms with Crippen molar-refractivity contribution in [3.05, 3.63) is 35.9 Å². The van der Waals surface area contributed by atoms with Gasteiger partial charge in [0.05, 0.1) is 11.9 Å². The van der Waals surface area contributed by atoms with Gasteiger partial charge in [-0.2, -0.15) is 0 Å². The van der Waals surface area contributed by atoms with Crippen molar-refractivity contribution in [2.75, 3.05) is 5.75 Å². The standard InChI is InChI=1S/C17H25NO3S/c1-16(2)14-8-9-17(16,15(19)10-14)12-22(20,21)18-11-13-6-4-3-5-7-13/h3-7,14-15,18-19H,8-12H2,1-2H3/t14-,15+,17-/m0/s1. The maximum absolute atomic E-state index is 12.6. The Balaban J connectivity index is 1.74. The topological polar surface area (TPSA) is 66.4 Å². The molecule has 4 nitrogen and oxygen atoms in total. The lowest BCUT2D eigenvalue weighted by Gasteiger charge is -2.40. The van der Waals surface area contributed by atoms with Gasteiger partial charge in [0, 0.05) is 12.0 Å². The molecule has 0 spiro atoms. The Morgan fingerprint density at radius 1 is 1.27 bits per heavy atom. The van der Waals surface area contributed by atoms with Gasteiger partial charge in [0.1, 0.15) is 0 Å².